The molecule has 4 heteroatoms. The van der Waals surface area contributed by atoms with E-state index in [-0.39, 0.29) is 12.1 Å². The molecule has 1 aromatic rings. The molecule has 88 valence electrons. The fraction of sp³-hybridized carbons (Fsp3) is 0.667. The van der Waals surface area contributed by atoms with E-state index in [0.29, 0.717) is 6.61 Å². The van der Waals surface area contributed by atoms with Gasteiger partial charge in [0.05, 0.1) is 25.4 Å². The molecule has 1 fully saturated rings. The van der Waals surface area contributed by atoms with Crippen LogP contribution in [0.2, 0.25) is 0 Å². The zero-order valence-electron chi connectivity index (χ0n) is 9.35. The van der Waals surface area contributed by atoms with Crippen LogP contribution < -0.4 is 5.32 Å². The molecule has 4 nitrogen and oxygen atoms in total. The summed E-state index contributed by atoms with van der Waals surface area (Å²) in [5.41, 5.74) is 2.44. The monoisotopic (exact) mass is 222 g/mol. The van der Waals surface area contributed by atoms with Crippen LogP contribution in [0.3, 0.4) is 0 Å². The second kappa shape index (κ2) is 4.20. The van der Waals surface area contributed by atoms with Crippen molar-refractivity contribution in [1.29, 1.82) is 0 Å². The van der Waals surface area contributed by atoms with Gasteiger partial charge in [-0.3, -0.25) is 0 Å². The Hall–Kier alpha value is -0.840. The number of ether oxygens (including phenoxy) is 1. The minimum Gasteiger partial charge on any atom is -0.391 e. The maximum absolute atomic E-state index is 10.0. The molecule has 0 aliphatic carbocycles. The third kappa shape index (κ3) is 1.67. The van der Waals surface area contributed by atoms with Gasteiger partial charge in [-0.1, -0.05) is 0 Å². The van der Waals surface area contributed by atoms with Gasteiger partial charge in [0.2, 0.25) is 0 Å². The predicted molar refractivity (Wildman–Crippen MR) is 60.1 cm³/mol. The van der Waals surface area contributed by atoms with Crippen LogP contribution in [0, 0.1) is 0 Å². The van der Waals surface area contributed by atoms with Crippen molar-refractivity contribution in [3.8, 4) is 0 Å². The van der Waals surface area contributed by atoms with Crippen molar-refractivity contribution in [3.63, 3.8) is 0 Å². The number of rotatable bonds is 1. The SMILES string of the molecule is OC1CCCNC1c1ccn2c1COCC2. The van der Waals surface area contributed by atoms with Crippen LogP contribution in [0.5, 0.6) is 0 Å². The third-order valence-electron chi connectivity index (χ3n) is 3.59. The fourth-order valence-electron chi connectivity index (χ4n) is 2.70. The lowest BCUT2D eigenvalue weighted by molar-refractivity contribution is 0.0760. The summed E-state index contributed by atoms with van der Waals surface area (Å²) in [5.74, 6) is 0. The van der Waals surface area contributed by atoms with Gasteiger partial charge in [-0.25, -0.2) is 0 Å². The van der Waals surface area contributed by atoms with Gasteiger partial charge in [0, 0.05) is 18.4 Å². The van der Waals surface area contributed by atoms with E-state index in [2.05, 4.69) is 22.1 Å². The predicted octanol–water partition coefficient (Wildman–Crippen LogP) is 0.804. The van der Waals surface area contributed by atoms with Gasteiger partial charge in [0.1, 0.15) is 0 Å². The summed E-state index contributed by atoms with van der Waals surface area (Å²) >= 11 is 0. The molecule has 2 unspecified atom stereocenters. The van der Waals surface area contributed by atoms with E-state index in [1.54, 1.807) is 0 Å². The Morgan fingerprint density at radius 1 is 1.50 bits per heavy atom. The Kier molecular flexibility index (Phi) is 2.71. The zero-order chi connectivity index (χ0) is 11.0. The largest absolute Gasteiger partial charge is 0.391 e. The molecule has 2 N–H and O–H groups in total. The number of hydrogen-bond acceptors (Lipinski definition) is 3. The van der Waals surface area contributed by atoms with Crippen LogP contribution >= 0.6 is 0 Å². The first kappa shape index (κ1) is 10.3. The highest BCUT2D eigenvalue weighted by Crippen LogP contribution is 2.28. The molecule has 2 atom stereocenters. The van der Waals surface area contributed by atoms with Gasteiger partial charge in [-0.2, -0.15) is 0 Å². The summed E-state index contributed by atoms with van der Waals surface area (Å²) in [5, 5.41) is 13.4. The van der Waals surface area contributed by atoms with Crippen LogP contribution in [0.4, 0.5) is 0 Å². The molecule has 3 rings (SSSR count). The molecular formula is C12H18N2O2. The second-order valence-corrected chi connectivity index (χ2v) is 4.61. The van der Waals surface area contributed by atoms with E-state index in [9.17, 15) is 5.11 Å². The van der Waals surface area contributed by atoms with Crippen molar-refractivity contribution in [2.24, 2.45) is 0 Å². The standard InChI is InChI=1S/C12H18N2O2/c15-11-2-1-4-13-12(11)9-3-5-14-6-7-16-8-10(9)14/h3,5,11-13,15H,1-2,4,6-8H2. The summed E-state index contributed by atoms with van der Waals surface area (Å²) in [6.45, 7) is 3.39. The normalized spacial score (nSPS) is 30.1. The average Bonchev–Trinajstić information content (AvgIpc) is 2.74. The maximum Gasteiger partial charge on any atom is 0.0872 e. The van der Waals surface area contributed by atoms with Crippen molar-refractivity contribution >= 4 is 0 Å². The van der Waals surface area contributed by atoms with Crippen molar-refractivity contribution < 1.29 is 9.84 Å². The Bertz CT molecular complexity index is 375. The molecule has 1 saturated heterocycles. The molecule has 0 radical (unpaired) electrons. The first-order chi connectivity index (χ1) is 7.86. The van der Waals surface area contributed by atoms with Crippen LogP contribution in [-0.4, -0.2) is 28.9 Å². The van der Waals surface area contributed by atoms with E-state index >= 15 is 0 Å². The summed E-state index contributed by atoms with van der Waals surface area (Å²) < 4.78 is 7.73. The third-order valence-corrected chi connectivity index (χ3v) is 3.59. The second-order valence-electron chi connectivity index (χ2n) is 4.61. The quantitative estimate of drug-likeness (QED) is 0.739. The zero-order valence-corrected chi connectivity index (χ0v) is 9.35. The molecule has 0 aromatic carbocycles. The lowest BCUT2D eigenvalue weighted by Gasteiger charge is -2.30. The molecule has 2 aliphatic heterocycles. The molecule has 0 saturated carbocycles. The maximum atomic E-state index is 10.0. The topological polar surface area (TPSA) is 46.4 Å². The Balaban J connectivity index is 1.90. The molecule has 0 bridgehead atoms. The number of hydrogen-bond donors (Lipinski definition) is 2. The first-order valence-corrected chi connectivity index (χ1v) is 6.03. The number of nitrogens with one attached hydrogen (secondary N) is 1. The molecule has 2 aliphatic rings. The van der Waals surface area contributed by atoms with Gasteiger partial charge in [0.25, 0.3) is 0 Å². The van der Waals surface area contributed by atoms with Gasteiger partial charge >= 0.3 is 0 Å². The minimum atomic E-state index is -0.261. The van der Waals surface area contributed by atoms with E-state index in [1.807, 2.05) is 0 Å². The van der Waals surface area contributed by atoms with E-state index in [0.717, 1.165) is 32.5 Å². The fourth-order valence-corrected chi connectivity index (χ4v) is 2.70. The lowest BCUT2D eigenvalue weighted by Crippen LogP contribution is -2.38. The van der Waals surface area contributed by atoms with Crippen molar-refractivity contribution in [2.45, 2.75) is 38.1 Å². The van der Waals surface area contributed by atoms with Gasteiger partial charge in [0.15, 0.2) is 0 Å². The van der Waals surface area contributed by atoms with E-state index in [4.69, 9.17) is 4.74 Å². The van der Waals surface area contributed by atoms with Crippen LogP contribution in [0.25, 0.3) is 0 Å². The lowest BCUT2D eigenvalue weighted by atomic mass is 9.94. The first-order valence-electron chi connectivity index (χ1n) is 6.03. The summed E-state index contributed by atoms with van der Waals surface area (Å²) in [7, 11) is 0. The van der Waals surface area contributed by atoms with Crippen molar-refractivity contribution in [3.05, 3.63) is 23.5 Å². The number of aliphatic hydroxyl groups excluding tert-OH is 1. The summed E-state index contributed by atoms with van der Waals surface area (Å²) in [6, 6.07) is 2.21. The van der Waals surface area contributed by atoms with Crippen LogP contribution in [0.15, 0.2) is 12.3 Å². The van der Waals surface area contributed by atoms with Crippen molar-refractivity contribution in [2.75, 3.05) is 13.2 Å². The van der Waals surface area contributed by atoms with E-state index in [1.165, 1.54) is 11.3 Å². The molecule has 0 spiro atoms. The molecule has 16 heavy (non-hydrogen) atoms. The molecular weight excluding hydrogens is 204 g/mol. The number of fused-ring (bicyclic) bond motifs is 1. The van der Waals surface area contributed by atoms with Gasteiger partial charge in [-0.15, -0.1) is 0 Å². The Morgan fingerprint density at radius 2 is 2.44 bits per heavy atom. The number of piperidine rings is 1. The highest BCUT2D eigenvalue weighted by molar-refractivity contribution is 5.28. The number of nitrogens with zero attached hydrogens (tertiary/aromatic N) is 1. The number of aromatic nitrogens is 1. The van der Waals surface area contributed by atoms with E-state index < -0.39 is 0 Å². The summed E-state index contributed by atoms with van der Waals surface area (Å²) in [4.78, 5) is 0. The molecule has 0 amide bonds. The van der Waals surface area contributed by atoms with Gasteiger partial charge in [-0.05, 0) is 31.0 Å². The molecule has 3 heterocycles. The summed E-state index contributed by atoms with van der Waals surface area (Å²) in [6.07, 6.45) is 3.80. The minimum absolute atomic E-state index is 0.0895. The van der Waals surface area contributed by atoms with Crippen LogP contribution in [0.1, 0.15) is 30.1 Å². The average molecular weight is 222 g/mol. The molecule has 1 aromatic heterocycles. The Labute approximate surface area is 95.2 Å². The van der Waals surface area contributed by atoms with Crippen LogP contribution in [-0.2, 0) is 17.9 Å². The Morgan fingerprint density at radius 3 is 3.31 bits per heavy atom. The smallest absolute Gasteiger partial charge is 0.0872 e. The van der Waals surface area contributed by atoms with Crippen molar-refractivity contribution in [1.82, 2.24) is 9.88 Å². The highest BCUT2D eigenvalue weighted by Gasteiger charge is 2.28. The van der Waals surface area contributed by atoms with Gasteiger partial charge < -0.3 is 19.7 Å². The number of aliphatic hydroxyl groups is 1. The highest BCUT2D eigenvalue weighted by atomic mass is 16.5.